The standard InChI is InChI=1S/C15H30N2O2/c1-5-16-15(4,14(18)19-6-2)12-13(3)17-10-8-7-9-11-17/h13,16H,5-12H2,1-4H3. The van der Waals surface area contributed by atoms with E-state index in [1.807, 2.05) is 20.8 Å². The Morgan fingerprint density at radius 1 is 1.32 bits per heavy atom. The third-order valence-electron chi connectivity index (χ3n) is 4.01. The van der Waals surface area contributed by atoms with Gasteiger partial charge in [0, 0.05) is 6.04 Å². The van der Waals surface area contributed by atoms with E-state index in [4.69, 9.17) is 4.74 Å². The lowest BCUT2D eigenvalue weighted by atomic mass is 9.92. The van der Waals surface area contributed by atoms with Gasteiger partial charge in [0.05, 0.1) is 6.61 Å². The first kappa shape index (κ1) is 16.4. The molecule has 19 heavy (non-hydrogen) atoms. The van der Waals surface area contributed by atoms with Crippen LogP contribution < -0.4 is 5.32 Å². The number of hydrogen-bond donors (Lipinski definition) is 1. The van der Waals surface area contributed by atoms with E-state index < -0.39 is 5.54 Å². The fraction of sp³-hybridized carbons (Fsp3) is 0.933. The summed E-state index contributed by atoms with van der Waals surface area (Å²) in [6, 6.07) is 0.411. The number of carbonyl (C=O) groups is 1. The van der Waals surface area contributed by atoms with Crippen molar-refractivity contribution >= 4 is 5.97 Å². The molecule has 1 N–H and O–H groups in total. The molecule has 0 radical (unpaired) electrons. The lowest BCUT2D eigenvalue weighted by Crippen LogP contribution is -2.54. The molecule has 1 rings (SSSR count). The Kier molecular flexibility index (Phi) is 6.80. The zero-order chi connectivity index (χ0) is 14.3. The van der Waals surface area contributed by atoms with Crippen LogP contribution in [0.2, 0.25) is 0 Å². The van der Waals surface area contributed by atoms with Crippen molar-refractivity contribution in [2.75, 3.05) is 26.2 Å². The van der Waals surface area contributed by atoms with E-state index in [1.165, 1.54) is 19.3 Å². The molecule has 1 heterocycles. The highest BCUT2D eigenvalue weighted by Gasteiger charge is 2.36. The van der Waals surface area contributed by atoms with Crippen molar-refractivity contribution in [3.63, 3.8) is 0 Å². The molecule has 0 bridgehead atoms. The molecule has 0 aromatic rings. The van der Waals surface area contributed by atoms with Crippen LogP contribution in [0.1, 0.15) is 53.4 Å². The van der Waals surface area contributed by atoms with Gasteiger partial charge in [-0.1, -0.05) is 13.3 Å². The predicted molar refractivity (Wildman–Crippen MR) is 78.2 cm³/mol. The van der Waals surface area contributed by atoms with Crippen molar-refractivity contribution in [2.45, 2.75) is 65.0 Å². The SMILES string of the molecule is CCNC(C)(CC(C)N1CCCCC1)C(=O)OCC. The van der Waals surface area contributed by atoms with Gasteiger partial charge in [0.1, 0.15) is 5.54 Å². The highest BCUT2D eigenvalue weighted by molar-refractivity contribution is 5.80. The minimum absolute atomic E-state index is 0.124. The number of rotatable bonds is 7. The molecule has 2 unspecified atom stereocenters. The molecule has 0 aliphatic carbocycles. The molecular formula is C15H30N2O2. The summed E-state index contributed by atoms with van der Waals surface area (Å²) in [5, 5.41) is 3.31. The molecule has 1 aliphatic heterocycles. The van der Waals surface area contributed by atoms with Crippen molar-refractivity contribution in [2.24, 2.45) is 0 Å². The summed E-state index contributed by atoms with van der Waals surface area (Å²) in [4.78, 5) is 14.7. The van der Waals surface area contributed by atoms with E-state index in [-0.39, 0.29) is 5.97 Å². The normalized spacial score (nSPS) is 21.7. The second-order valence-electron chi connectivity index (χ2n) is 5.73. The molecule has 0 amide bonds. The van der Waals surface area contributed by atoms with Crippen LogP contribution in [0.4, 0.5) is 0 Å². The zero-order valence-corrected chi connectivity index (χ0v) is 13.0. The number of ether oxygens (including phenoxy) is 1. The molecular weight excluding hydrogens is 240 g/mol. The Labute approximate surface area is 117 Å². The molecule has 1 saturated heterocycles. The summed E-state index contributed by atoms with van der Waals surface area (Å²) in [5.74, 6) is -0.124. The van der Waals surface area contributed by atoms with Crippen LogP contribution in [0, 0.1) is 0 Å². The van der Waals surface area contributed by atoms with Gasteiger partial charge in [-0.3, -0.25) is 4.79 Å². The number of nitrogens with zero attached hydrogens (tertiary/aromatic N) is 1. The van der Waals surface area contributed by atoms with E-state index in [1.54, 1.807) is 0 Å². The second kappa shape index (κ2) is 7.85. The van der Waals surface area contributed by atoms with Crippen LogP contribution in [0.25, 0.3) is 0 Å². The molecule has 0 aromatic heterocycles. The number of hydrogen-bond acceptors (Lipinski definition) is 4. The molecule has 1 aliphatic rings. The maximum Gasteiger partial charge on any atom is 0.326 e. The van der Waals surface area contributed by atoms with Crippen molar-refractivity contribution in [1.29, 1.82) is 0 Å². The van der Waals surface area contributed by atoms with Gasteiger partial charge in [-0.15, -0.1) is 0 Å². The summed E-state index contributed by atoms with van der Waals surface area (Å²) in [7, 11) is 0. The Morgan fingerprint density at radius 2 is 1.95 bits per heavy atom. The van der Waals surface area contributed by atoms with Crippen molar-refractivity contribution in [3.05, 3.63) is 0 Å². The summed E-state index contributed by atoms with van der Waals surface area (Å²) in [6.07, 6.45) is 4.70. The first-order valence-electron chi connectivity index (χ1n) is 7.69. The molecule has 112 valence electrons. The van der Waals surface area contributed by atoms with Crippen LogP contribution >= 0.6 is 0 Å². The van der Waals surface area contributed by atoms with Crippen LogP contribution in [0.3, 0.4) is 0 Å². The van der Waals surface area contributed by atoms with Crippen molar-refractivity contribution in [1.82, 2.24) is 10.2 Å². The average molecular weight is 270 g/mol. The van der Waals surface area contributed by atoms with Gasteiger partial charge in [-0.2, -0.15) is 0 Å². The monoisotopic (exact) mass is 270 g/mol. The summed E-state index contributed by atoms with van der Waals surface area (Å²) in [5.41, 5.74) is -0.568. The molecule has 4 heteroatoms. The minimum Gasteiger partial charge on any atom is -0.465 e. The van der Waals surface area contributed by atoms with Gasteiger partial charge in [0.2, 0.25) is 0 Å². The van der Waals surface area contributed by atoms with Crippen molar-refractivity contribution in [3.8, 4) is 0 Å². The lowest BCUT2D eigenvalue weighted by Gasteiger charge is -2.37. The molecule has 4 nitrogen and oxygen atoms in total. The quantitative estimate of drug-likeness (QED) is 0.720. The molecule has 0 saturated carbocycles. The lowest BCUT2D eigenvalue weighted by molar-refractivity contribution is -0.151. The Bertz CT molecular complexity index is 277. The first-order valence-corrected chi connectivity index (χ1v) is 7.69. The highest BCUT2D eigenvalue weighted by Crippen LogP contribution is 2.21. The maximum atomic E-state index is 12.2. The van der Waals surface area contributed by atoms with E-state index in [0.717, 1.165) is 26.1 Å². The Hall–Kier alpha value is -0.610. The molecule has 0 aromatic carbocycles. The number of carbonyl (C=O) groups excluding carboxylic acids is 1. The number of likely N-dealkylation sites (N-methyl/N-ethyl adjacent to an activating group) is 1. The van der Waals surface area contributed by atoms with E-state index in [0.29, 0.717) is 12.6 Å². The number of esters is 1. The largest absolute Gasteiger partial charge is 0.465 e. The van der Waals surface area contributed by atoms with Crippen LogP contribution in [0.5, 0.6) is 0 Å². The highest BCUT2D eigenvalue weighted by atomic mass is 16.5. The Morgan fingerprint density at radius 3 is 2.47 bits per heavy atom. The van der Waals surface area contributed by atoms with Gasteiger partial charge >= 0.3 is 5.97 Å². The smallest absolute Gasteiger partial charge is 0.326 e. The fourth-order valence-corrected chi connectivity index (χ4v) is 2.99. The third-order valence-corrected chi connectivity index (χ3v) is 4.01. The van der Waals surface area contributed by atoms with Crippen LogP contribution in [-0.2, 0) is 9.53 Å². The van der Waals surface area contributed by atoms with Gasteiger partial charge < -0.3 is 15.0 Å². The zero-order valence-electron chi connectivity index (χ0n) is 13.0. The maximum absolute atomic E-state index is 12.2. The fourth-order valence-electron chi connectivity index (χ4n) is 2.99. The molecule has 0 spiro atoms. The number of nitrogens with one attached hydrogen (secondary N) is 1. The third kappa shape index (κ3) is 4.77. The minimum atomic E-state index is -0.568. The van der Waals surface area contributed by atoms with E-state index in [9.17, 15) is 4.79 Å². The van der Waals surface area contributed by atoms with Gasteiger partial charge in [0.15, 0.2) is 0 Å². The average Bonchev–Trinajstić information content (AvgIpc) is 2.40. The topological polar surface area (TPSA) is 41.6 Å². The van der Waals surface area contributed by atoms with Gasteiger partial charge in [0.25, 0.3) is 0 Å². The van der Waals surface area contributed by atoms with Crippen LogP contribution in [0.15, 0.2) is 0 Å². The summed E-state index contributed by atoms with van der Waals surface area (Å²) >= 11 is 0. The van der Waals surface area contributed by atoms with Crippen molar-refractivity contribution < 1.29 is 9.53 Å². The second-order valence-corrected chi connectivity index (χ2v) is 5.73. The summed E-state index contributed by atoms with van der Waals surface area (Å²) in [6.45, 7) is 11.6. The van der Waals surface area contributed by atoms with Crippen LogP contribution in [-0.4, -0.2) is 48.7 Å². The molecule has 2 atom stereocenters. The van der Waals surface area contributed by atoms with Gasteiger partial charge in [-0.05, 0) is 59.7 Å². The molecule has 1 fully saturated rings. The predicted octanol–water partition coefficient (Wildman–Crippen LogP) is 2.18. The van der Waals surface area contributed by atoms with E-state index in [2.05, 4.69) is 17.1 Å². The first-order chi connectivity index (χ1) is 9.03. The summed E-state index contributed by atoms with van der Waals surface area (Å²) < 4.78 is 5.23. The van der Waals surface area contributed by atoms with Gasteiger partial charge in [-0.25, -0.2) is 0 Å². The number of likely N-dealkylation sites (tertiary alicyclic amines) is 1. The Balaban J connectivity index is 2.62. The van der Waals surface area contributed by atoms with E-state index >= 15 is 0 Å². The number of piperidine rings is 1.